The normalized spacial score (nSPS) is 11.7. The Hall–Kier alpha value is -0.950. The molecule has 5 nitrogen and oxygen atoms in total. The minimum Gasteiger partial charge on any atom is -0.391 e. The van der Waals surface area contributed by atoms with Crippen molar-refractivity contribution < 1.29 is 18.0 Å². The fourth-order valence-electron chi connectivity index (χ4n) is 1.18. The van der Waals surface area contributed by atoms with Crippen LogP contribution in [0, 0.1) is 6.92 Å². The van der Waals surface area contributed by atoms with E-state index in [0.717, 1.165) is 11.0 Å². The Morgan fingerprint density at radius 1 is 1.22 bits per heavy atom. The lowest BCUT2D eigenvalue weighted by molar-refractivity contribution is -0.870. The highest BCUT2D eigenvalue weighted by Crippen LogP contribution is 2.10. The topological polar surface area (TPSA) is 80.4 Å². The van der Waals surface area contributed by atoms with E-state index in [1.54, 1.807) is 25.1 Å². The fraction of sp³-hybridized carbons (Fsp3) is 0.500. The summed E-state index contributed by atoms with van der Waals surface area (Å²) in [6.45, 7) is 2.82. The number of quaternary nitrogens is 1. The van der Waals surface area contributed by atoms with E-state index in [1.807, 2.05) is 0 Å². The Bertz CT molecular complexity index is 464. The summed E-state index contributed by atoms with van der Waals surface area (Å²) in [6.07, 6.45) is 0. The molecule has 0 fully saturated rings. The Morgan fingerprint density at radius 3 is 1.94 bits per heavy atom. The predicted octanol–water partition coefficient (Wildman–Crippen LogP) is 0.327. The molecule has 1 aromatic carbocycles. The van der Waals surface area contributed by atoms with E-state index < -0.39 is 10.0 Å². The number of rotatable bonds is 3. The Kier molecular flexibility index (Phi) is 6.48. The smallest absolute Gasteiger partial charge is 0.238 e. The highest BCUT2D eigenvalue weighted by atomic mass is 32.2. The zero-order valence-electron chi connectivity index (χ0n) is 11.4. The molecule has 0 atom stereocenters. The molecule has 0 unspecified atom stereocenters. The van der Waals surface area contributed by atoms with Crippen LogP contribution in [0.25, 0.3) is 0 Å². The van der Waals surface area contributed by atoms with Gasteiger partial charge in [-0.15, -0.1) is 0 Å². The number of hydrogen-bond acceptors (Lipinski definition) is 3. The van der Waals surface area contributed by atoms with Gasteiger partial charge in [-0.2, -0.15) is 0 Å². The molecule has 0 saturated heterocycles. The van der Waals surface area contributed by atoms with Crippen LogP contribution in [0.2, 0.25) is 0 Å². The first kappa shape index (κ1) is 17.1. The SMILES string of the molecule is C[N+](C)(C)CCO.Cc1ccccc1S(N)(=O)=O. The molecule has 0 aromatic heterocycles. The van der Waals surface area contributed by atoms with Crippen molar-refractivity contribution in [3.8, 4) is 0 Å². The maximum Gasteiger partial charge on any atom is 0.238 e. The third-order valence-corrected chi connectivity index (χ3v) is 3.24. The molecule has 0 aliphatic carbocycles. The molecule has 104 valence electrons. The largest absolute Gasteiger partial charge is 0.391 e. The van der Waals surface area contributed by atoms with E-state index >= 15 is 0 Å². The third-order valence-electron chi connectivity index (χ3n) is 2.17. The maximum absolute atomic E-state index is 10.8. The minimum atomic E-state index is -3.53. The van der Waals surface area contributed by atoms with Gasteiger partial charge in [-0.25, -0.2) is 13.6 Å². The third kappa shape index (κ3) is 7.39. The molecule has 0 spiro atoms. The average Bonchev–Trinajstić information content (AvgIpc) is 2.15. The number of aliphatic hydroxyl groups excluding tert-OH is 1. The summed E-state index contributed by atoms with van der Waals surface area (Å²) in [7, 11) is 2.62. The molecule has 0 heterocycles. The summed E-state index contributed by atoms with van der Waals surface area (Å²) >= 11 is 0. The van der Waals surface area contributed by atoms with E-state index in [4.69, 9.17) is 10.2 Å². The number of likely N-dealkylation sites (N-methyl/N-ethyl adjacent to an activating group) is 1. The van der Waals surface area contributed by atoms with Gasteiger partial charge in [0, 0.05) is 0 Å². The molecular weight excluding hydrogens is 252 g/mol. The first-order chi connectivity index (χ1) is 8.08. The molecule has 1 aromatic rings. The number of nitrogens with zero attached hydrogens (tertiary/aromatic N) is 1. The van der Waals surface area contributed by atoms with Crippen molar-refractivity contribution in [1.82, 2.24) is 0 Å². The Balaban J connectivity index is 0.000000360. The molecule has 0 bridgehead atoms. The number of benzene rings is 1. The van der Waals surface area contributed by atoms with Gasteiger partial charge in [0.2, 0.25) is 10.0 Å². The average molecular weight is 275 g/mol. The molecule has 6 heteroatoms. The van der Waals surface area contributed by atoms with Gasteiger partial charge in [0.1, 0.15) is 6.54 Å². The van der Waals surface area contributed by atoms with Crippen LogP contribution in [0.4, 0.5) is 0 Å². The standard InChI is InChI=1S/C7H9NO2S.C5H14NO/c1-6-4-2-3-5-7(6)11(8,9)10;1-6(2,3)4-5-7/h2-5H,1H3,(H2,8,9,10);7H,4-5H2,1-3H3/q;+1. The summed E-state index contributed by atoms with van der Waals surface area (Å²) in [5.74, 6) is 0. The maximum atomic E-state index is 10.8. The number of hydrogen-bond donors (Lipinski definition) is 2. The van der Waals surface area contributed by atoms with Crippen molar-refractivity contribution in [3.05, 3.63) is 29.8 Å². The van der Waals surface area contributed by atoms with Gasteiger partial charge in [0.05, 0.1) is 32.6 Å². The number of aryl methyl sites for hydroxylation is 1. The molecule has 0 saturated carbocycles. The van der Waals surface area contributed by atoms with E-state index in [1.165, 1.54) is 6.07 Å². The van der Waals surface area contributed by atoms with Crippen LogP contribution < -0.4 is 5.14 Å². The van der Waals surface area contributed by atoms with Crippen molar-refractivity contribution in [2.24, 2.45) is 5.14 Å². The van der Waals surface area contributed by atoms with E-state index in [-0.39, 0.29) is 11.5 Å². The monoisotopic (exact) mass is 275 g/mol. The van der Waals surface area contributed by atoms with Crippen LogP contribution in [0.3, 0.4) is 0 Å². The lowest BCUT2D eigenvalue weighted by Crippen LogP contribution is -2.36. The van der Waals surface area contributed by atoms with Gasteiger partial charge in [-0.1, -0.05) is 18.2 Å². The van der Waals surface area contributed by atoms with Gasteiger partial charge >= 0.3 is 0 Å². The zero-order valence-corrected chi connectivity index (χ0v) is 12.2. The van der Waals surface area contributed by atoms with Gasteiger partial charge in [-0.05, 0) is 18.6 Å². The van der Waals surface area contributed by atoms with Crippen LogP contribution in [0.5, 0.6) is 0 Å². The zero-order chi connectivity index (χ0) is 14.4. The molecule has 1 rings (SSSR count). The molecule has 3 N–H and O–H groups in total. The summed E-state index contributed by atoms with van der Waals surface area (Å²) in [5.41, 5.74) is 0.676. The van der Waals surface area contributed by atoms with Crippen molar-refractivity contribution in [2.45, 2.75) is 11.8 Å². The Morgan fingerprint density at radius 2 is 1.72 bits per heavy atom. The molecule has 0 amide bonds. The number of nitrogens with two attached hydrogens (primary N) is 1. The first-order valence-corrected chi connectivity index (χ1v) is 7.12. The van der Waals surface area contributed by atoms with Crippen molar-refractivity contribution in [2.75, 3.05) is 34.3 Å². The highest BCUT2D eigenvalue weighted by Gasteiger charge is 2.08. The molecular formula is C12H23N2O3S+. The predicted molar refractivity (Wildman–Crippen MR) is 72.5 cm³/mol. The van der Waals surface area contributed by atoms with Crippen LogP contribution in [0.1, 0.15) is 5.56 Å². The second kappa shape index (κ2) is 6.84. The van der Waals surface area contributed by atoms with Crippen molar-refractivity contribution in [3.63, 3.8) is 0 Å². The highest BCUT2D eigenvalue weighted by molar-refractivity contribution is 7.89. The summed E-state index contributed by atoms with van der Waals surface area (Å²) in [5, 5.41) is 13.3. The summed E-state index contributed by atoms with van der Waals surface area (Å²) in [4.78, 5) is 0.194. The number of aliphatic hydroxyl groups is 1. The first-order valence-electron chi connectivity index (χ1n) is 5.57. The number of sulfonamides is 1. The second-order valence-corrected chi connectivity index (χ2v) is 6.58. The second-order valence-electron chi connectivity index (χ2n) is 5.05. The molecule has 0 radical (unpaired) electrons. The quantitative estimate of drug-likeness (QED) is 0.780. The van der Waals surface area contributed by atoms with Gasteiger partial charge in [0.15, 0.2) is 0 Å². The van der Waals surface area contributed by atoms with Gasteiger partial charge in [-0.3, -0.25) is 0 Å². The van der Waals surface area contributed by atoms with E-state index in [2.05, 4.69) is 21.1 Å². The van der Waals surface area contributed by atoms with Crippen molar-refractivity contribution >= 4 is 10.0 Å². The van der Waals surface area contributed by atoms with E-state index in [0.29, 0.717) is 5.56 Å². The number of primary sulfonamides is 1. The fourth-order valence-corrected chi connectivity index (χ4v) is 1.96. The van der Waals surface area contributed by atoms with Crippen LogP contribution in [0.15, 0.2) is 29.2 Å². The Labute approximate surface area is 109 Å². The summed E-state index contributed by atoms with van der Waals surface area (Å²) in [6, 6.07) is 6.61. The summed E-state index contributed by atoms with van der Waals surface area (Å²) < 4.78 is 22.5. The van der Waals surface area contributed by atoms with Crippen LogP contribution in [-0.2, 0) is 10.0 Å². The van der Waals surface area contributed by atoms with Gasteiger partial charge in [0.25, 0.3) is 0 Å². The molecule has 0 aliphatic rings. The molecule has 18 heavy (non-hydrogen) atoms. The minimum absolute atomic E-state index is 0.194. The van der Waals surface area contributed by atoms with Crippen molar-refractivity contribution in [1.29, 1.82) is 0 Å². The van der Waals surface area contributed by atoms with Gasteiger partial charge < -0.3 is 9.59 Å². The lowest BCUT2D eigenvalue weighted by Gasteiger charge is -2.21. The lowest BCUT2D eigenvalue weighted by atomic mass is 10.2. The van der Waals surface area contributed by atoms with E-state index in [9.17, 15) is 8.42 Å². The van der Waals surface area contributed by atoms with Crippen LogP contribution in [-0.4, -0.2) is 52.3 Å². The van der Waals surface area contributed by atoms with Crippen LogP contribution >= 0.6 is 0 Å². The molecule has 0 aliphatic heterocycles.